The van der Waals surface area contributed by atoms with Gasteiger partial charge in [-0.15, -0.1) is 11.3 Å². The van der Waals surface area contributed by atoms with Crippen molar-refractivity contribution in [1.82, 2.24) is 24.8 Å². The number of ether oxygens (including phenoxy) is 2. The molecular weight excluding hydrogens is 634 g/mol. The van der Waals surface area contributed by atoms with E-state index in [1.165, 1.54) is 29.7 Å². The predicted octanol–water partition coefficient (Wildman–Crippen LogP) is 8.27. The summed E-state index contributed by atoms with van der Waals surface area (Å²) in [7, 11) is 1.30. The summed E-state index contributed by atoms with van der Waals surface area (Å²) in [4.78, 5) is 38.3. The van der Waals surface area contributed by atoms with Gasteiger partial charge in [0.1, 0.15) is 17.6 Å². The third kappa shape index (κ3) is 5.37. The van der Waals surface area contributed by atoms with Crippen molar-refractivity contribution in [2.45, 2.75) is 63.8 Å². The first-order valence-electron chi connectivity index (χ1n) is 16.2. The number of nitrogens with zero attached hydrogens (tertiary/aromatic N) is 3. The Hall–Kier alpha value is -4.28. The second kappa shape index (κ2) is 11.8. The number of methoxy groups -OCH3 is 1. The van der Waals surface area contributed by atoms with Gasteiger partial charge in [-0.3, -0.25) is 9.36 Å². The first kappa shape index (κ1) is 30.1. The first-order chi connectivity index (χ1) is 22.8. The summed E-state index contributed by atoms with van der Waals surface area (Å²) in [6.45, 7) is 4.43. The number of likely N-dealkylation sites (tertiary alicyclic amines) is 1. The molecule has 2 amide bonds. The standard InChI is InChI=1S/C36H36ClN5O4S/c1-19(2)32(40-36(44)45-3)34(43)41-14-4-5-27(41)33-38-18-25(39-33)21-8-10-24-28-16-22-15-23(37)9-11-26(22)42(28)35(46-29(24)17-21)31-13-12-30(47-31)20-6-7-20/h8-13,15-20,27,32,35H,4-7,14H2,1-3H3,(H,38,39)(H,40,44). The molecular formula is C36H36ClN5O4S. The lowest BCUT2D eigenvalue weighted by molar-refractivity contribution is -0.135. The molecule has 3 aromatic heterocycles. The Morgan fingerprint density at radius 1 is 1.09 bits per heavy atom. The molecule has 2 N–H and O–H groups in total. The second-order valence-corrected chi connectivity index (χ2v) is 14.6. The molecule has 11 heteroatoms. The van der Waals surface area contributed by atoms with Gasteiger partial charge in [0, 0.05) is 33.0 Å². The van der Waals surface area contributed by atoms with Crippen LogP contribution in [0.3, 0.4) is 0 Å². The third-order valence-corrected chi connectivity index (χ3v) is 11.1. The van der Waals surface area contributed by atoms with Crippen LogP contribution in [-0.4, -0.2) is 51.1 Å². The molecule has 242 valence electrons. The van der Waals surface area contributed by atoms with Gasteiger partial charge in [-0.1, -0.05) is 31.5 Å². The maximum absolute atomic E-state index is 13.6. The highest BCUT2D eigenvalue weighted by Crippen LogP contribution is 2.49. The van der Waals surface area contributed by atoms with E-state index in [2.05, 4.69) is 57.3 Å². The maximum Gasteiger partial charge on any atom is 0.407 e. The molecule has 2 aromatic carbocycles. The summed E-state index contributed by atoms with van der Waals surface area (Å²) >= 11 is 8.25. The number of aromatic nitrogens is 3. The Morgan fingerprint density at radius 2 is 1.91 bits per heavy atom. The van der Waals surface area contributed by atoms with E-state index < -0.39 is 12.1 Å². The summed E-state index contributed by atoms with van der Waals surface area (Å²) in [5.41, 5.74) is 4.98. The number of fused-ring (bicyclic) bond motifs is 5. The van der Waals surface area contributed by atoms with Gasteiger partial charge in [-0.25, -0.2) is 9.78 Å². The summed E-state index contributed by atoms with van der Waals surface area (Å²) < 4.78 is 13.9. The Morgan fingerprint density at radius 3 is 2.70 bits per heavy atom. The average Bonchev–Trinajstić information content (AvgIpc) is 3.48. The van der Waals surface area contributed by atoms with Gasteiger partial charge in [0.15, 0.2) is 0 Å². The fourth-order valence-corrected chi connectivity index (χ4v) is 8.34. The molecule has 3 atom stereocenters. The fourth-order valence-electron chi connectivity index (χ4n) is 6.96. The van der Waals surface area contributed by atoms with Crippen molar-refractivity contribution in [3.8, 4) is 28.3 Å². The van der Waals surface area contributed by atoms with Gasteiger partial charge in [0.05, 0.1) is 41.1 Å². The molecule has 2 aliphatic heterocycles. The maximum atomic E-state index is 13.6. The van der Waals surface area contributed by atoms with Gasteiger partial charge in [0.2, 0.25) is 12.1 Å². The van der Waals surface area contributed by atoms with Crippen molar-refractivity contribution in [3.63, 3.8) is 0 Å². The van der Waals surface area contributed by atoms with E-state index in [1.807, 2.05) is 48.4 Å². The van der Waals surface area contributed by atoms with Crippen LogP contribution in [0, 0.1) is 5.92 Å². The minimum atomic E-state index is -0.682. The topological polar surface area (TPSA) is 101 Å². The smallest absolute Gasteiger partial charge is 0.407 e. The molecule has 5 aromatic rings. The molecule has 8 rings (SSSR count). The zero-order valence-electron chi connectivity index (χ0n) is 26.5. The number of rotatable bonds is 7. The molecule has 47 heavy (non-hydrogen) atoms. The quantitative estimate of drug-likeness (QED) is 0.182. The Labute approximate surface area is 281 Å². The second-order valence-electron chi connectivity index (χ2n) is 13.0. The van der Waals surface area contributed by atoms with Crippen LogP contribution < -0.4 is 10.1 Å². The van der Waals surface area contributed by atoms with E-state index in [0.717, 1.165) is 57.8 Å². The molecule has 0 spiro atoms. The lowest BCUT2D eigenvalue weighted by Gasteiger charge is -2.30. The van der Waals surface area contributed by atoms with Crippen LogP contribution in [0.1, 0.15) is 73.3 Å². The molecule has 1 saturated carbocycles. The molecule has 3 unspecified atom stereocenters. The third-order valence-electron chi connectivity index (χ3n) is 9.55. The highest BCUT2D eigenvalue weighted by molar-refractivity contribution is 7.12. The number of thiophene rings is 1. The van der Waals surface area contributed by atoms with Crippen molar-refractivity contribution in [3.05, 3.63) is 81.4 Å². The number of aromatic amines is 1. The van der Waals surface area contributed by atoms with E-state index >= 15 is 0 Å². The van der Waals surface area contributed by atoms with Gasteiger partial charge in [-0.2, -0.15) is 0 Å². The number of carbonyl (C=O) groups excluding carboxylic acids is 2. The van der Waals surface area contributed by atoms with Gasteiger partial charge >= 0.3 is 6.09 Å². The largest absolute Gasteiger partial charge is 0.464 e. The number of H-pyrrole nitrogens is 1. The predicted molar refractivity (Wildman–Crippen MR) is 183 cm³/mol. The average molecular weight is 670 g/mol. The monoisotopic (exact) mass is 669 g/mol. The molecule has 3 aliphatic rings. The summed E-state index contributed by atoms with van der Waals surface area (Å²) in [5.74, 6) is 1.98. The zero-order chi connectivity index (χ0) is 32.4. The number of imidazole rings is 1. The van der Waals surface area contributed by atoms with Gasteiger partial charge in [-0.05, 0) is 86.1 Å². The van der Waals surface area contributed by atoms with Gasteiger partial charge < -0.3 is 24.7 Å². The lowest BCUT2D eigenvalue weighted by Crippen LogP contribution is -2.51. The van der Waals surface area contributed by atoms with E-state index in [-0.39, 0.29) is 24.1 Å². The van der Waals surface area contributed by atoms with Crippen LogP contribution in [0.2, 0.25) is 5.02 Å². The normalized spacial score (nSPS) is 19.4. The number of amides is 2. The molecule has 0 radical (unpaired) electrons. The number of hydrogen-bond donors (Lipinski definition) is 2. The van der Waals surface area contributed by atoms with E-state index in [0.29, 0.717) is 17.5 Å². The molecule has 2 fully saturated rings. The van der Waals surface area contributed by atoms with E-state index in [9.17, 15) is 9.59 Å². The van der Waals surface area contributed by atoms with Crippen LogP contribution in [-0.2, 0) is 9.53 Å². The van der Waals surface area contributed by atoms with Crippen molar-refractivity contribution < 1.29 is 19.1 Å². The minimum Gasteiger partial charge on any atom is -0.464 e. The summed E-state index contributed by atoms with van der Waals surface area (Å²) in [5, 5.41) is 4.50. The van der Waals surface area contributed by atoms with E-state index in [4.69, 9.17) is 26.1 Å². The van der Waals surface area contributed by atoms with Crippen LogP contribution >= 0.6 is 22.9 Å². The number of hydrogen-bond acceptors (Lipinski definition) is 6. The Kier molecular flexibility index (Phi) is 7.52. The number of halogens is 1. The zero-order valence-corrected chi connectivity index (χ0v) is 28.0. The number of benzene rings is 2. The first-order valence-corrected chi connectivity index (χ1v) is 17.4. The van der Waals surface area contributed by atoms with Crippen LogP contribution in [0.4, 0.5) is 4.79 Å². The number of nitrogens with one attached hydrogen (secondary N) is 2. The van der Waals surface area contributed by atoms with Gasteiger partial charge in [0.25, 0.3) is 0 Å². The molecule has 9 nitrogen and oxygen atoms in total. The molecule has 1 saturated heterocycles. The van der Waals surface area contributed by atoms with E-state index in [1.54, 1.807) is 0 Å². The van der Waals surface area contributed by atoms with Crippen molar-refractivity contribution in [2.24, 2.45) is 5.92 Å². The Bertz CT molecular complexity index is 2010. The fraction of sp³-hybridized carbons (Fsp3) is 0.361. The van der Waals surface area contributed by atoms with Crippen LogP contribution in [0.15, 0.2) is 60.8 Å². The minimum absolute atomic E-state index is 0.0977. The molecule has 0 bridgehead atoms. The van der Waals surface area contributed by atoms with Crippen molar-refractivity contribution in [2.75, 3.05) is 13.7 Å². The van der Waals surface area contributed by atoms with Crippen molar-refractivity contribution in [1.29, 1.82) is 0 Å². The molecule has 5 heterocycles. The molecule has 1 aliphatic carbocycles. The summed E-state index contributed by atoms with van der Waals surface area (Å²) in [6.07, 6.45) is 5.07. The number of carbonyl (C=O) groups is 2. The Balaban J connectivity index is 1.12. The van der Waals surface area contributed by atoms with Crippen LogP contribution in [0.5, 0.6) is 5.75 Å². The summed E-state index contributed by atoms with van der Waals surface area (Å²) in [6, 6.07) is 18.1. The van der Waals surface area contributed by atoms with Crippen molar-refractivity contribution >= 4 is 45.8 Å². The van der Waals surface area contributed by atoms with Crippen LogP contribution in [0.25, 0.3) is 33.4 Å². The highest BCUT2D eigenvalue weighted by atomic mass is 35.5. The highest BCUT2D eigenvalue weighted by Gasteiger charge is 2.38. The SMILES string of the molecule is COC(=O)NC(C(=O)N1CCCC1c1ncc(-c2ccc3c(c2)OC(c2ccc(C4CC4)s2)n2c-3cc3cc(Cl)ccc32)[nH]1)C(C)C. The number of alkyl carbamates (subject to hydrolysis) is 1. The lowest BCUT2D eigenvalue weighted by atomic mass is 10.0.